The number of hydrogen-bond acceptors (Lipinski definition) is 2. The summed E-state index contributed by atoms with van der Waals surface area (Å²) >= 11 is 0. The molecule has 2 unspecified atom stereocenters. The van der Waals surface area contributed by atoms with Gasteiger partial charge in [-0.3, -0.25) is 0 Å². The zero-order valence-corrected chi connectivity index (χ0v) is 9.73. The molecule has 0 aliphatic heterocycles. The van der Waals surface area contributed by atoms with Crippen molar-refractivity contribution >= 4 is 0 Å². The minimum absolute atomic E-state index is 0.116. The van der Waals surface area contributed by atoms with Crippen LogP contribution in [0.25, 0.3) is 0 Å². The van der Waals surface area contributed by atoms with E-state index in [4.69, 9.17) is 4.74 Å². The van der Waals surface area contributed by atoms with Crippen LogP contribution in [0.1, 0.15) is 24.5 Å². The summed E-state index contributed by atoms with van der Waals surface area (Å²) in [7, 11) is 1.67. The van der Waals surface area contributed by atoms with Gasteiger partial charge in [0.05, 0.1) is 12.2 Å². The SMILES string of the molecule is COC(C)CC(O)Cc1cccc(C)c1. The van der Waals surface area contributed by atoms with E-state index in [-0.39, 0.29) is 12.2 Å². The molecule has 0 radical (unpaired) electrons. The van der Waals surface area contributed by atoms with Crippen molar-refractivity contribution in [2.75, 3.05) is 7.11 Å². The molecule has 0 saturated heterocycles. The fourth-order valence-corrected chi connectivity index (χ4v) is 1.67. The molecule has 0 fully saturated rings. The number of hydrogen-bond donors (Lipinski definition) is 1. The first-order valence-corrected chi connectivity index (χ1v) is 5.38. The molecule has 2 nitrogen and oxygen atoms in total. The Hall–Kier alpha value is -0.860. The molecule has 0 bridgehead atoms. The molecule has 0 aliphatic rings. The van der Waals surface area contributed by atoms with Gasteiger partial charge >= 0.3 is 0 Å². The summed E-state index contributed by atoms with van der Waals surface area (Å²) in [5.74, 6) is 0. The normalized spacial score (nSPS) is 14.9. The van der Waals surface area contributed by atoms with Crippen molar-refractivity contribution in [2.45, 2.75) is 38.9 Å². The number of aryl methyl sites for hydroxylation is 1. The molecule has 1 aromatic carbocycles. The van der Waals surface area contributed by atoms with E-state index in [9.17, 15) is 5.11 Å². The Balaban J connectivity index is 2.47. The van der Waals surface area contributed by atoms with E-state index < -0.39 is 0 Å². The first kappa shape index (κ1) is 12.2. The van der Waals surface area contributed by atoms with Crippen molar-refractivity contribution in [3.8, 4) is 0 Å². The molecule has 1 rings (SSSR count). The molecule has 0 aliphatic carbocycles. The molecular weight excluding hydrogens is 188 g/mol. The number of benzene rings is 1. The van der Waals surface area contributed by atoms with Crippen molar-refractivity contribution in [3.63, 3.8) is 0 Å². The Morgan fingerprint density at radius 1 is 1.40 bits per heavy atom. The van der Waals surface area contributed by atoms with Crippen LogP contribution in [0.3, 0.4) is 0 Å². The minimum atomic E-state index is -0.318. The fraction of sp³-hybridized carbons (Fsp3) is 0.538. The molecule has 0 aromatic heterocycles. The lowest BCUT2D eigenvalue weighted by atomic mass is 10.0. The van der Waals surface area contributed by atoms with Crippen LogP contribution in [0.15, 0.2) is 24.3 Å². The maximum atomic E-state index is 9.82. The van der Waals surface area contributed by atoms with Crippen molar-refractivity contribution in [1.82, 2.24) is 0 Å². The summed E-state index contributed by atoms with van der Waals surface area (Å²) in [6.45, 7) is 4.03. The maximum absolute atomic E-state index is 9.82. The standard InChI is InChI=1S/C13H20O2/c1-10-5-4-6-12(7-10)9-13(14)8-11(2)15-3/h4-7,11,13-14H,8-9H2,1-3H3. The Kier molecular flexibility index (Phi) is 4.79. The quantitative estimate of drug-likeness (QED) is 0.804. The van der Waals surface area contributed by atoms with E-state index in [1.54, 1.807) is 7.11 Å². The van der Waals surface area contributed by atoms with Crippen LogP contribution in [0.4, 0.5) is 0 Å². The predicted octanol–water partition coefficient (Wildman–Crippen LogP) is 2.32. The summed E-state index contributed by atoms with van der Waals surface area (Å²) in [5, 5.41) is 9.82. The van der Waals surface area contributed by atoms with Crippen LogP contribution >= 0.6 is 0 Å². The van der Waals surface area contributed by atoms with Gasteiger partial charge in [0, 0.05) is 7.11 Å². The first-order valence-electron chi connectivity index (χ1n) is 5.38. The second-order valence-corrected chi connectivity index (χ2v) is 4.13. The molecule has 2 atom stereocenters. The third kappa shape index (κ3) is 4.45. The summed E-state index contributed by atoms with van der Waals surface area (Å²) < 4.78 is 5.12. The lowest BCUT2D eigenvalue weighted by molar-refractivity contribution is 0.0565. The van der Waals surface area contributed by atoms with E-state index in [1.165, 1.54) is 11.1 Å². The second kappa shape index (κ2) is 5.89. The average Bonchev–Trinajstić information content (AvgIpc) is 2.17. The summed E-state index contributed by atoms with van der Waals surface area (Å²) in [6, 6.07) is 8.25. The highest BCUT2D eigenvalue weighted by Crippen LogP contribution is 2.10. The zero-order chi connectivity index (χ0) is 11.3. The van der Waals surface area contributed by atoms with E-state index >= 15 is 0 Å². The van der Waals surface area contributed by atoms with Crippen LogP contribution < -0.4 is 0 Å². The average molecular weight is 208 g/mol. The molecule has 0 spiro atoms. The molecule has 1 aromatic rings. The largest absolute Gasteiger partial charge is 0.393 e. The van der Waals surface area contributed by atoms with Gasteiger partial charge in [-0.2, -0.15) is 0 Å². The lowest BCUT2D eigenvalue weighted by Crippen LogP contribution is -2.18. The topological polar surface area (TPSA) is 29.5 Å². The fourth-order valence-electron chi connectivity index (χ4n) is 1.67. The van der Waals surface area contributed by atoms with Gasteiger partial charge in [-0.25, -0.2) is 0 Å². The van der Waals surface area contributed by atoms with Crippen molar-refractivity contribution in [1.29, 1.82) is 0 Å². The summed E-state index contributed by atoms with van der Waals surface area (Å²) in [5.41, 5.74) is 2.42. The maximum Gasteiger partial charge on any atom is 0.0605 e. The molecule has 0 saturated carbocycles. The minimum Gasteiger partial charge on any atom is -0.393 e. The van der Waals surface area contributed by atoms with Crippen LogP contribution in [0, 0.1) is 6.92 Å². The highest BCUT2D eigenvalue weighted by atomic mass is 16.5. The first-order chi connectivity index (χ1) is 7.11. The Morgan fingerprint density at radius 3 is 2.73 bits per heavy atom. The van der Waals surface area contributed by atoms with Gasteiger partial charge in [0.15, 0.2) is 0 Å². The van der Waals surface area contributed by atoms with Crippen LogP contribution in [0.5, 0.6) is 0 Å². The molecule has 84 valence electrons. The van der Waals surface area contributed by atoms with Gasteiger partial charge in [0.25, 0.3) is 0 Å². The van der Waals surface area contributed by atoms with Gasteiger partial charge in [0.1, 0.15) is 0 Å². The zero-order valence-electron chi connectivity index (χ0n) is 9.73. The molecular formula is C13H20O2. The number of ether oxygens (including phenoxy) is 1. The smallest absolute Gasteiger partial charge is 0.0605 e. The van der Waals surface area contributed by atoms with Gasteiger partial charge in [-0.15, -0.1) is 0 Å². The summed E-state index contributed by atoms with van der Waals surface area (Å²) in [4.78, 5) is 0. The third-order valence-electron chi connectivity index (χ3n) is 2.56. The molecule has 0 amide bonds. The van der Waals surface area contributed by atoms with Gasteiger partial charge in [-0.1, -0.05) is 29.8 Å². The van der Waals surface area contributed by atoms with E-state index in [1.807, 2.05) is 19.1 Å². The molecule has 15 heavy (non-hydrogen) atoms. The van der Waals surface area contributed by atoms with E-state index in [2.05, 4.69) is 19.1 Å². The van der Waals surface area contributed by atoms with E-state index in [0.717, 1.165) is 0 Å². The van der Waals surface area contributed by atoms with Crippen molar-refractivity contribution < 1.29 is 9.84 Å². The van der Waals surface area contributed by atoms with Gasteiger partial charge < -0.3 is 9.84 Å². The molecule has 0 heterocycles. The molecule has 2 heteroatoms. The van der Waals surface area contributed by atoms with Crippen LogP contribution in [0.2, 0.25) is 0 Å². The second-order valence-electron chi connectivity index (χ2n) is 4.13. The number of aliphatic hydroxyl groups is 1. The predicted molar refractivity (Wildman–Crippen MR) is 62.0 cm³/mol. The van der Waals surface area contributed by atoms with Crippen LogP contribution in [-0.2, 0) is 11.2 Å². The summed E-state index contributed by atoms with van der Waals surface area (Å²) in [6.07, 6.45) is 1.19. The highest BCUT2D eigenvalue weighted by molar-refractivity contribution is 5.22. The Bertz CT molecular complexity index is 296. The number of methoxy groups -OCH3 is 1. The van der Waals surface area contributed by atoms with Gasteiger partial charge in [-0.05, 0) is 32.3 Å². The lowest BCUT2D eigenvalue weighted by Gasteiger charge is -2.15. The Morgan fingerprint density at radius 2 is 2.13 bits per heavy atom. The van der Waals surface area contributed by atoms with Crippen molar-refractivity contribution in [2.24, 2.45) is 0 Å². The Labute approximate surface area is 91.9 Å². The third-order valence-corrected chi connectivity index (χ3v) is 2.56. The van der Waals surface area contributed by atoms with Crippen molar-refractivity contribution in [3.05, 3.63) is 35.4 Å². The highest BCUT2D eigenvalue weighted by Gasteiger charge is 2.10. The van der Waals surface area contributed by atoms with E-state index in [0.29, 0.717) is 12.8 Å². The number of aliphatic hydroxyl groups excluding tert-OH is 1. The molecule has 1 N–H and O–H groups in total. The van der Waals surface area contributed by atoms with Gasteiger partial charge in [0.2, 0.25) is 0 Å². The monoisotopic (exact) mass is 208 g/mol. The van der Waals surface area contributed by atoms with Crippen LogP contribution in [-0.4, -0.2) is 24.4 Å². The number of rotatable bonds is 5.